The van der Waals surface area contributed by atoms with Gasteiger partial charge in [-0.25, -0.2) is 5.90 Å². The maximum atomic E-state index is 12.8. The van der Waals surface area contributed by atoms with Crippen molar-refractivity contribution in [1.82, 2.24) is 0 Å². The predicted molar refractivity (Wildman–Crippen MR) is 82.4 cm³/mol. The summed E-state index contributed by atoms with van der Waals surface area (Å²) in [4.78, 5) is 17.4. The molecule has 0 amide bonds. The summed E-state index contributed by atoms with van der Waals surface area (Å²) < 4.78 is 0. The van der Waals surface area contributed by atoms with Crippen molar-refractivity contribution in [2.75, 3.05) is 6.61 Å². The van der Waals surface area contributed by atoms with Gasteiger partial charge in [-0.05, 0) is 25.7 Å². The largest absolute Gasteiger partial charge is 0.305 e. The lowest BCUT2D eigenvalue weighted by molar-refractivity contribution is 0.0748. The maximum absolute atomic E-state index is 12.8. The molecule has 0 spiro atoms. The quantitative estimate of drug-likeness (QED) is 0.397. The Morgan fingerprint density at radius 3 is 2.30 bits per heavy atom. The minimum atomic E-state index is -0.217. The fraction of sp³-hybridized carbons (Fsp3) is 0.588. The van der Waals surface area contributed by atoms with Crippen molar-refractivity contribution in [3.05, 3.63) is 35.9 Å². The lowest BCUT2D eigenvalue weighted by Gasteiger charge is -2.30. The Morgan fingerprint density at radius 2 is 1.75 bits per heavy atom. The summed E-state index contributed by atoms with van der Waals surface area (Å²) in [7, 11) is 0. The van der Waals surface area contributed by atoms with Gasteiger partial charge in [0.1, 0.15) is 0 Å². The van der Waals surface area contributed by atoms with Crippen LogP contribution < -0.4 is 5.90 Å². The predicted octanol–water partition coefficient (Wildman–Crippen LogP) is 4.13. The van der Waals surface area contributed by atoms with E-state index in [1.54, 1.807) is 0 Å². The van der Waals surface area contributed by atoms with Crippen molar-refractivity contribution < 1.29 is 9.63 Å². The molecule has 0 bridgehead atoms. The number of benzene rings is 1. The Balaban J connectivity index is 2.68. The molecule has 0 aromatic heterocycles. The second-order valence-corrected chi connectivity index (χ2v) is 5.36. The first-order valence-corrected chi connectivity index (χ1v) is 7.61. The molecule has 0 saturated heterocycles. The molecule has 0 heterocycles. The summed E-state index contributed by atoms with van der Waals surface area (Å²) in [5, 5.41) is 0. The van der Waals surface area contributed by atoms with Crippen molar-refractivity contribution >= 4 is 5.78 Å². The molecule has 112 valence electrons. The summed E-state index contributed by atoms with van der Waals surface area (Å²) in [5.74, 6) is 5.31. The van der Waals surface area contributed by atoms with Crippen LogP contribution >= 0.6 is 0 Å². The Labute approximate surface area is 122 Å². The average Bonchev–Trinajstić information content (AvgIpc) is 2.52. The van der Waals surface area contributed by atoms with Crippen molar-refractivity contribution in [2.24, 2.45) is 11.3 Å². The summed E-state index contributed by atoms with van der Waals surface area (Å²) in [5.41, 5.74) is 0.617. The highest BCUT2D eigenvalue weighted by atomic mass is 16.6. The van der Waals surface area contributed by atoms with E-state index in [0.717, 1.165) is 44.1 Å². The third-order valence-corrected chi connectivity index (χ3v) is 4.29. The van der Waals surface area contributed by atoms with Crippen LogP contribution in [0.15, 0.2) is 30.3 Å². The van der Waals surface area contributed by atoms with Crippen LogP contribution in [0.3, 0.4) is 0 Å². The lowest BCUT2D eigenvalue weighted by atomic mass is 9.72. The molecule has 0 aliphatic rings. The van der Waals surface area contributed by atoms with Gasteiger partial charge in [0, 0.05) is 11.0 Å². The van der Waals surface area contributed by atoms with Gasteiger partial charge >= 0.3 is 0 Å². The van der Waals surface area contributed by atoms with E-state index in [4.69, 9.17) is 5.90 Å². The van der Waals surface area contributed by atoms with Gasteiger partial charge in [0.25, 0.3) is 0 Å². The first-order chi connectivity index (χ1) is 9.70. The molecule has 1 rings (SSSR count). The maximum Gasteiger partial charge on any atom is 0.168 e. The van der Waals surface area contributed by atoms with Crippen LogP contribution in [0.25, 0.3) is 0 Å². The summed E-state index contributed by atoms with van der Waals surface area (Å²) in [6.07, 6.45) is 5.79. The number of carbonyl (C=O) groups is 1. The minimum absolute atomic E-state index is 0.217. The third-order valence-electron chi connectivity index (χ3n) is 4.29. The second-order valence-electron chi connectivity index (χ2n) is 5.36. The topological polar surface area (TPSA) is 52.3 Å². The molecule has 0 atom stereocenters. The van der Waals surface area contributed by atoms with Crippen LogP contribution in [0.5, 0.6) is 0 Å². The molecule has 3 heteroatoms. The number of Topliss-reactive ketones (excluding diaryl/α,β-unsaturated/α-hetero) is 1. The fourth-order valence-electron chi connectivity index (χ4n) is 2.76. The highest BCUT2D eigenvalue weighted by Gasteiger charge is 2.34. The molecule has 0 aliphatic carbocycles. The van der Waals surface area contributed by atoms with Crippen LogP contribution in [-0.2, 0) is 4.84 Å². The zero-order valence-electron chi connectivity index (χ0n) is 12.7. The number of carbonyl (C=O) groups excluding carboxylic acids is 1. The van der Waals surface area contributed by atoms with E-state index in [1.807, 2.05) is 30.3 Å². The number of nitrogens with two attached hydrogens (primary N) is 1. The number of rotatable bonds is 10. The van der Waals surface area contributed by atoms with Crippen molar-refractivity contribution in [2.45, 2.75) is 52.4 Å². The van der Waals surface area contributed by atoms with Gasteiger partial charge < -0.3 is 4.84 Å². The third kappa shape index (κ3) is 4.43. The second kappa shape index (κ2) is 8.88. The van der Waals surface area contributed by atoms with Gasteiger partial charge in [0.2, 0.25) is 0 Å². The van der Waals surface area contributed by atoms with Crippen molar-refractivity contribution in [1.29, 1.82) is 0 Å². The van der Waals surface area contributed by atoms with E-state index >= 15 is 0 Å². The van der Waals surface area contributed by atoms with E-state index in [2.05, 4.69) is 18.7 Å². The molecule has 1 aromatic carbocycles. The van der Waals surface area contributed by atoms with Crippen LogP contribution in [-0.4, -0.2) is 12.4 Å². The fourth-order valence-corrected chi connectivity index (χ4v) is 2.76. The van der Waals surface area contributed by atoms with Crippen LogP contribution in [0.1, 0.15) is 62.7 Å². The molecule has 20 heavy (non-hydrogen) atoms. The van der Waals surface area contributed by atoms with Gasteiger partial charge in [-0.15, -0.1) is 0 Å². The zero-order chi connectivity index (χ0) is 14.8. The smallest absolute Gasteiger partial charge is 0.168 e. The number of hydrogen-bond acceptors (Lipinski definition) is 3. The Morgan fingerprint density at radius 1 is 1.10 bits per heavy atom. The number of ketones is 1. The summed E-state index contributed by atoms with van der Waals surface area (Å²) in [6.45, 7) is 4.83. The number of unbranched alkanes of at least 4 members (excludes halogenated alkanes) is 2. The molecule has 0 unspecified atom stereocenters. The molecule has 2 N–H and O–H groups in total. The zero-order valence-corrected chi connectivity index (χ0v) is 12.7. The van der Waals surface area contributed by atoms with Gasteiger partial charge in [0.15, 0.2) is 5.78 Å². The van der Waals surface area contributed by atoms with Gasteiger partial charge in [-0.1, -0.05) is 57.0 Å². The Hall–Kier alpha value is -1.19. The SMILES string of the molecule is CCC(CC)(CCCCCON)C(=O)c1ccccc1. The monoisotopic (exact) mass is 277 g/mol. The molecule has 0 aliphatic heterocycles. The minimum Gasteiger partial charge on any atom is -0.305 e. The van der Waals surface area contributed by atoms with E-state index in [1.165, 1.54) is 0 Å². The first-order valence-electron chi connectivity index (χ1n) is 7.61. The van der Waals surface area contributed by atoms with Gasteiger partial charge in [0.05, 0.1) is 6.61 Å². The van der Waals surface area contributed by atoms with E-state index in [0.29, 0.717) is 6.61 Å². The van der Waals surface area contributed by atoms with E-state index in [-0.39, 0.29) is 11.2 Å². The average molecular weight is 277 g/mol. The summed E-state index contributed by atoms with van der Waals surface area (Å²) in [6, 6.07) is 9.66. The molecule has 0 radical (unpaired) electrons. The normalized spacial score (nSPS) is 11.6. The molecule has 0 saturated carbocycles. The van der Waals surface area contributed by atoms with Crippen LogP contribution in [0, 0.1) is 5.41 Å². The van der Waals surface area contributed by atoms with Crippen molar-refractivity contribution in [3.8, 4) is 0 Å². The molecular weight excluding hydrogens is 250 g/mol. The van der Waals surface area contributed by atoms with E-state index in [9.17, 15) is 4.79 Å². The molecule has 3 nitrogen and oxygen atoms in total. The van der Waals surface area contributed by atoms with E-state index < -0.39 is 0 Å². The van der Waals surface area contributed by atoms with Crippen LogP contribution in [0.4, 0.5) is 0 Å². The lowest BCUT2D eigenvalue weighted by Crippen LogP contribution is -2.30. The molecular formula is C17H27NO2. The van der Waals surface area contributed by atoms with Gasteiger partial charge in [-0.3, -0.25) is 4.79 Å². The van der Waals surface area contributed by atoms with Crippen LogP contribution in [0.2, 0.25) is 0 Å². The van der Waals surface area contributed by atoms with Gasteiger partial charge in [-0.2, -0.15) is 0 Å². The highest BCUT2D eigenvalue weighted by Crippen LogP contribution is 2.36. The Bertz CT molecular complexity index is 385. The Kier molecular flexibility index (Phi) is 7.48. The van der Waals surface area contributed by atoms with Crippen molar-refractivity contribution in [3.63, 3.8) is 0 Å². The molecule has 1 aromatic rings. The highest BCUT2D eigenvalue weighted by molar-refractivity contribution is 6.00. The standard InChI is InChI=1S/C17H27NO2/c1-3-17(4-2,13-9-6-10-14-20-18)16(19)15-11-7-5-8-12-15/h5,7-8,11-12H,3-4,6,9-10,13-14,18H2,1-2H3. The number of hydrogen-bond donors (Lipinski definition) is 1. The molecule has 0 fully saturated rings. The first kappa shape index (κ1) is 16.9. The summed E-state index contributed by atoms with van der Waals surface area (Å²) >= 11 is 0.